The molecule has 0 aromatic carbocycles. The lowest BCUT2D eigenvalue weighted by Gasteiger charge is -2.10. The molecule has 1 aromatic rings. The zero-order chi connectivity index (χ0) is 12.0. The number of nitrogens with zero attached hydrogens (tertiary/aromatic N) is 1. The molecule has 1 aromatic heterocycles. The van der Waals surface area contributed by atoms with Crippen LogP contribution in [-0.4, -0.2) is 24.7 Å². The van der Waals surface area contributed by atoms with Crippen molar-refractivity contribution in [2.75, 3.05) is 13.7 Å². The summed E-state index contributed by atoms with van der Waals surface area (Å²) in [5.41, 5.74) is 6.62. The number of carbonyl (C=O) groups is 1. The van der Waals surface area contributed by atoms with Gasteiger partial charge in [0.15, 0.2) is 0 Å². The quantitative estimate of drug-likeness (QED) is 0.812. The van der Waals surface area contributed by atoms with Crippen molar-refractivity contribution in [2.45, 2.75) is 19.4 Å². The fraction of sp³-hybridized carbons (Fsp3) is 0.455. The van der Waals surface area contributed by atoms with E-state index >= 15 is 0 Å². The third kappa shape index (κ3) is 5.01. The van der Waals surface area contributed by atoms with Crippen LogP contribution in [0.25, 0.3) is 0 Å². The van der Waals surface area contributed by atoms with Crippen LogP contribution in [0.2, 0.25) is 0 Å². The highest BCUT2D eigenvalue weighted by Gasteiger charge is 2.12. The fourth-order valence-electron chi connectivity index (χ4n) is 1.25. The smallest absolute Gasteiger partial charge is 0.307 e. The molecule has 0 saturated carbocycles. The highest BCUT2D eigenvalue weighted by molar-refractivity contribution is 5.85. The van der Waals surface area contributed by atoms with Crippen LogP contribution in [0, 0.1) is 0 Å². The summed E-state index contributed by atoms with van der Waals surface area (Å²) in [5, 5.41) is 0. The Hall–Kier alpha value is -1.33. The lowest BCUT2D eigenvalue weighted by Crippen LogP contribution is -2.17. The van der Waals surface area contributed by atoms with Crippen molar-refractivity contribution in [1.29, 1.82) is 0 Å². The minimum atomic E-state index is -0.391. The number of pyridine rings is 1. The van der Waals surface area contributed by atoms with E-state index in [0.29, 0.717) is 12.5 Å². The van der Waals surface area contributed by atoms with E-state index in [4.69, 9.17) is 15.2 Å². The van der Waals surface area contributed by atoms with Gasteiger partial charge in [-0.2, -0.15) is 0 Å². The van der Waals surface area contributed by atoms with E-state index < -0.39 is 6.04 Å². The van der Waals surface area contributed by atoms with Gasteiger partial charge in [-0.3, -0.25) is 4.79 Å². The third-order valence-electron chi connectivity index (χ3n) is 2.09. The van der Waals surface area contributed by atoms with E-state index in [1.165, 1.54) is 0 Å². The lowest BCUT2D eigenvalue weighted by molar-refractivity contribution is -0.143. The predicted molar refractivity (Wildman–Crippen MR) is 66.2 cm³/mol. The summed E-state index contributed by atoms with van der Waals surface area (Å²) in [6.45, 7) is 2.13. The van der Waals surface area contributed by atoms with Crippen molar-refractivity contribution in [3.8, 4) is 5.88 Å². The van der Waals surface area contributed by atoms with Crippen LogP contribution in [0.4, 0.5) is 0 Å². The molecule has 1 heterocycles. The molecule has 2 N–H and O–H groups in total. The molecule has 0 fully saturated rings. The number of hydrogen-bond acceptors (Lipinski definition) is 5. The van der Waals surface area contributed by atoms with E-state index in [9.17, 15) is 4.79 Å². The molecule has 0 aliphatic carbocycles. The van der Waals surface area contributed by atoms with Crippen molar-refractivity contribution in [3.63, 3.8) is 0 Å². The van der Waals surface area contributed by atoms with Crippen molar-refractivity contribution < 1.29 is 14.3 Å². The highest BCUT2D eigenvalue weighted by Crippen LogP contribution is 2.15. The topological polar surface area (TPSA) is 74.4 Å². The van der Waals surface area contributed by atoms with Gasteiger partial charge in [-0.1, -0.05) is 6.07 Å². The summed E-state index contributed by atoms with van der Waals surface area (Å²) in [6.07, 6.45) is 1.75. The fourth-order valence-corrected chi connectivity index (χ4v) is 1.25. The summed E-state index contributed by atoms with van der Waals surface area (Å²) in [5.74, 6) is 0.220. The minimum Gasteiger partial charge on any atom is -0.481 e. The van der Waals surface area contributed by atoms with E-state index in [1.807, 2.05) is 0 Å². The summed E-state index contributed by atoms with van der Waals surface area (Å²) in [6, 6.07) is 3.10. The number of halogens is 1. The number of carbonyl (C=O) groups excluding carboxylic acids is 1. The summed E-state index contributed by atoms with van der Waals surface area (Å²) in [7, 11) is 1.54. The van der Waals surface area contributed by atoms with Gasteiger partial charge in [-0.25, -0.2) is 4.98 Å². The van der Waals surface area contributed by atoms with E-state index in [-0.39, 0.29) is 24.8 Å². The third-order valence-corrected chi connectivity index (χ3v) is 2.09. The van der Waals surface area contributed by atoms with E-state index in [1.54, 1.807) is 32.4 Å². The molecular weight excluding hydrogens is 244 g/mol. The zero-order valence-electron chi connectivity index (χ0n) is 9.88. The normalized spacial score (nSPS) is 11.2. The van der Waals surface area contributed by atoms with Gasteiger partial charge in [0.05, 0.1) is 20.1 Å². The van der Waals surface area contributed by atoms with Crippen molar-refractivity contribution >= 4 is 18.4 Å². The van der Waals surface area contributed by atoms with E-state index in [2.05, 4.69) is 4.98 Å². The minimum absolute atomic E-state index is 0. The Kier molecular flexibility index (Phi) is 7.25. The number of esters is 1. The van der Waals surface area contributed by atoms with Crippen LogP contribution in [0.15, 0.2) is 18.3 Å². The Labute approximate surface area is 107 Å². The van der Waals surface area contributed by atoms with Gasteiger partial charge >= 0.3 is 5.97 Å². The Bertz CT molecular complexity index is 343. The standard InChI is InChI=1S/C11H16N2O3.ClH/c1-3-16-11(14)6-9(12)8-4-5-10(15-2)13-7-8;/h4-5,7,9H,3,6,12H2,1-2H3;1H/t9-;/m1./s1. The van der Waals surface area contributed by atoms with Crippen LogP contribution in [-0.2, 0) is 9.53 Å². The van der Waals surface area contributed by atoms with Crippen molar-refractivity contribution in [3.05, 3.63) is 23.9 Å². The first-order chi connectivity index (χ1) is 7.67. The SMILES string of the molecule is CCOC(=O)C[C@@H](N)c1ccc(OC)nc1.Cl. The number of hydrogen-bond donors (Lipinski definition) is 1. The largest absolute Gasteiger partial charge is 0.481 e. The summed E-state index contributed by atoms with van der Waals surface area (Å²) < 4.78 is 9.74. The molecule has 1 atom stereocenters. The second-order valence-electron chi connectivity index (χ2n) is 3.25. The maximum Gasteiger partial charge on any atom is 0.307 e. The Morgan fingerprint density at radius 3 is 2.71 bits per heavy atom. The van der Waals surface area contributed by atoms with Gasteiger partial charge in [0.1, 0.15) is 0 Å². The molecule has 1 rings (SSSR count). The van der Waals surface area contributed by atoms with Crippen LogP contribution in [0.3, 0.4) is 0 Å². The second kappa shape index (κ2) is 7.86. The molecule has 0 saturated heterocycles. The molecule has 96 valence electrons. The number of methoxy groups -OCH3 is 1. The second-order valence-corrected chi connectivity index (χ2v) is 3.25. The first-order valence-electron chi connectivity index (χ1n) is 5.08. The van der Waals surface area contributed by atoms with Crippen LogP contribution < -0.4 is 10.5 Å². The predicted octanol–water partition coefficient (Wildman–Crippen LogP) is 1.46. The van der Waals surface area contributed by atoms with Gasteiger partial charge in [-0.15, -0.1) is 12.4 Å². The van der Waals surface area contributed by atoms with Crippen LogP contribution in [0.1, 0.15) is 24.9 Å². The Morgan fingerprint density at radius 1 is 1.53 bits per heavy atom. The van der Waals surface area contributed by atoms with E-state index in [0.717, 1.165) is 5.56 Å². The lowest BCUT2D eigenvalue weighted by atomic mass is 10.1. The Morgan fingerprint density at radius 2 is 2.24 bits per heavy atom. The van der Waals surface area contributed by atoms with Crippen molar-refractivity contribution in [2.24, 2.45) is 5.73 Å². The average molecular weight is 261 g/mol. The average Bonchev–Trinajstić information content (AvgIpc) is 2.29. The molecule has 0 radical (unpaired) electrons. The maximum atomic E-state index is 11.2. The molecule has 17 heavy (non-hydrogen) atoms. The van der Waals surface area contributed by atoms with Crippen LogP contribution >= 0.6 is 12.4 Å². The van der Waals surface area contributed by atoms with Gasteiger partial charge in [0.2, 0.25) is 5.88 Å². The Balaban J connectivity index is 0.00000256. The molecule has 0 bridgehead atoms. The molecule has 0 unspecified atom stereocenters. The van der Waals surface area contributed by atoms with Gasteiger partial charge in [0.25, 0.3) is 0 Å². The molecule has 5 nitrogen and oxygen atoms in total. The number of ether oxygens (including phenoxy) is 2. The summed E-state index contributed by atoms with van der Waals surface area (Å²) >= 11 is 0. The molecular formula is C11H17ClN2O3. The number of nitrogens with two attached hydrogens (primary N) is 1. The molecule has 0 aliphatic heterocycles. The first kappa shape index (κ1) is 15.7. The van der Waals surface area contributed by atoms with Gasteiger partial charge < -0.3 is 15.2 Å². The van der Waals surface area contributed by atoms with Crippen LogP contribution in [0.5, 0.6) is 5.88 Å². The van der Waals surface area contributed by atoms with Gasteiger partial charge in [0, 0.05) is 18.3 Å². The molecule has 0 aliphatic rings. The highest BCUT2D eigenvalue weighted by atomic mass is 35.5. The van der Waals surface area contributed by atoms with Crippen molar-refractivity contribution in [1.82, 2.24) is 4.98 Å². The summed E-state index contributed by atoms with van der Waals surface area (Å²) in [4.78, 5) is 15.2. The zero-order valence-corrected chi connectivity index (χ0v) is 10.7. The number of aromatic nitrogens is 1. The number of rotatable bonds is 5. The molecule has 6 heteroatoms. The molecule has 0 spiro atoms. The maximum absolute atomic E-state index is 11.2. The van der Waals surface area contributed by atoms with Gasteiger partial charge in [-0.05, 0) is 12.5 Å². The molecule has 0 amide bonds. The first-order valence-corrected chi connectivity index (χ1v) is 5.08. The monoisotopic (exact) mass is 260 g/mol.